The Morgan fingerprint density at radius 3 is 2.55 bits per heavy atom. The van der Waals surface area contributed by atoms with Crippen LogP contribution < -0.4 is 20.9 Å². The minimum absolute atomic E-state index is 0.0235. The smallest absolute Gasteiger partial charge is 0.288 e. The Labute approximate surface area is 196 Å². The number of nitro benzene ring substituents is 1. The van der Waals surface area contributed by atoms with Gasteiger partial charge in [0.25, 0.3) is 17.5 Å². The molecule has 12 heteroatoms. The fourth-order valence-electron chi connectivity index (χ4n) is 2.30. The highest BCUT2D eigenvalue weighted by Crippen LogP contribution is 2.29. The third-order valence-corrected chi connectivity index (χ3v) is 5.07. The molecule has 2 amide bonds. The number of amides is 2. The van der Waals surface area contributed by atoms with Crippen molar-refractivity contribution in [1.82, 2.24) is 16.2 Å². The lowest BCUT2D eigenvalue weighted by Gasteiger charge is -2.13. The number of thiocarbonyl (C=S) groups is 1. The van der Waals surface area contributed by atoms with E-state index in [1.807, 2.05) is 12.1 Å². The van der Waals surface area contributed by atoms with Crippen molar-refractivity contribution in [3.8, 4) is 5.75 Å². The van der Waals surface area contributed by atoms with Gasteiger partial charge in [-0.2, -0.15) is 0 Å². The van der Waals surface area contributed by atoms with Crippen molar-refractivity contribution in [3.63, 3.8) is 0 Å². The molecule has 0 bridgehead atoms. The van der Waals surface area contributed by atoms with E-state index in [4.69, 9.17) is 28.6 Å². The van der Waals surface area contributed by atoms with Gasteiger partial charge >= 0.3 is 0 Å². The zero-order valence-electron chi connectivity index (χ0n) is 16.4. The summed E-state index contributed by atoms with van der Waals surface area (Å²) in [5.41, 5.74) is 5.33. The summed E-state index contributed by atoms with van der Waals surface area (Å²) in [6.07, 6.45) is 0. The summed E-state index contributed by atoms with van der Waals surface area (Å²) in [5.74, 6) is -0.400. The first-order valence-electron chi connectivity index (χ1n) is 8.84. The number of nitro groups is 1. The standard InChI is InChI=1S/C19H18BrClN4O5S/c1-10(2)11-4-6-16(13(20)7-11)30-9-17(26)23-24-19(31)22-18(27)12-3-5-14(21)15(8-12)25(28)29/h3-8,10H,9H2,1-2H3,(H,23,26)(H2,22,24,27,31). The minimum Gasteiger partial charge on any atom is -0.483 e. The highest BCUT2D eigenvalue weighted by molar-refractivity contribution is 9.10. The molecule has 2 aromatic rings. The van der Waals surface area contributed by atoms with Crippen molar-refractivity contribution < 1.29 is 19.2 Å². The highest BCUT2D eigenvalue weighted by atomic mass is 79.9. The van der Waals surface area contributed by atoms with Gasteiger partial charge < -0.3 is 4.74 Å². The van der Waals surface area contributed by atoms with Crippen molar-refractivity contribution in [3.05, 3.63) is 67.1 Å². The van der Waals surface area contributed by atoms with Gasteiger partial charge in [0.2, 0.25) is 0 Å². The number of carbonyl (C=O) groups is 2. The first-order valence-corrected chi connectivity index (χ1v) is 10.4. The zero-order valence-corrected chi connectivity index (χ0v) is 19.6. The van der Waals surface area contributed by atoms with Crippen molar-refractivity contribution >= 4 is 62.4 Å². The largest absolute Gasteiger partial charge is 0.483 e. The monoisotopic (exact) mass is 528 g/mol. The van der Waals surface area contributed by atoms with E-state index in [-0.39, 0.29) is 22.3 Å². The Balaban J connectivity index is 1.83. The summed E-state index contributed by atoms with van der Waals surface area (Å²) in [6, 6.07) is 9.15. The average molecular weight is 530 g/mol. The number of benzene rings is 2. The molecule has 3 N–H and O–H groups in total. The zero-order chi connectivity index (χ0) is 23.1. The van der Waals surface area contributed by atoms with E-state index < -0.39 is 22.4 Å². The second-order valence-corrected chi connectivity index (χ2v) is 8.18. The first kappa shape index (κ1) is 24.5. The molecule has 0 saturated carbocycles. The Morgan fingerprint density at radius 1 is 1.23 bits per heavy atom. The van der Waals surface area contributed by atoms with Crippen LogP contribution in [0.4, 0.5) is 5.69 Å². The van der Waals surface area contributed by atoms with E-state index in [2.05, 4.69) is 45.9 Å². The van der Waals surface area contributed by atoms with Crippen LogP contribution in [0.15, 0.2) is 40.9 Å². The van der Waals surface area contributed by atoms with Crippen LogP contribution in [0.3, 0.4) is 0 Å². The number of carbonyl (C=O) groups excluding carboxylic acids is 2. The number of ether oxygens (including phenoxy) is 1. The lowest BCUT2D eigenvalue weighted by molar-refractivity contribution is -0.384. The van der Waals surface area contributed by atoms with Crippen LogP contribution >= 0.6 is 39.7 Å². The van der Waals surface area contributed by atoms with E-state index in [1.54, 1.807) is 6.07 Å². The van der Waals surface area contributed by atoms with Gasteiger partial charge in [-0.05, 0) is 63.9 Å². The topological polar surface area (TPSA) is 123 Å². The Kier molecular flexibility index (Phi) is 8.72. The average Bonchev–Trinajstić information content (AvgIpc) is 2.71. The normalized spacial score (nSPS) is 10.4. The molecule has 0 atom stereocenters. The number of hydrogen-bond acceptors (Lipinski definition) is 6. The maximum absolute atomic E-state index is 12.2. The van der Waals surface area contributed by atoms with Crippen LogP contribution in [0.25, 0.3) is 0 Å². The first-order chi connectivity index (χ1) is 14.6. The number of nitrogens with one attached hydrogen (secondary N) is 3. The molecule has 0 aliphatic carbocycles. The molecule has 0 saturated heterocycles. The van der Waals surface area contributed by atoms with Crippen LogP contribution in [0.2, 0.25) is 5.02 Å². The highest BCUT2D eigenvalue weighted by Gasteiger charge is 2.17. The molecule has 2 aromatic carbocycles. The van der Waals surface area contributed by atoms with Crippen molar-refractivity contribution in [1.29, 1.82) is 0 Å². The Bertz CT molecular complexity index is 1030. The van der Waals surface area contributed by atoms with E-state index >= 15 is 0 Å². The molecule has 0 unspecified atom stereocenters. The fourth-order valence-corrected chi connectivity index (χ4v) is 3.14. The Hall–Kier alpha value is -2.76. The summed E-state index contributed by atoms with van der Waals surface area (Å²) < 4.78 is 6.18. The molecule has 31 heavy (non-hydrogen) atoms. The summed E-state index contributed by atoms with van der Waals surface area (Å²) >= 11 is 14.1. The molecule has 0 aliphatic heterocycles. The van der Waals surface area contributed by atoms with E-state index in [0.717, 1.165) is 16.1 Å². The molecule has 0 aliphatic rings. The maximum Gasteiger partial charge on any atom is 0.288 e. The minimum atomic E-state index is -0.711. The fraction of sp³-hybridized carbons (Fsp3) is 0.211. The maximum atomic E-state index is 12.2. The second-order valence-electron chi connectivity index (χ2n) is 6.51. The number of nitrogens with zero attached hydrogens (tertiary/aromatic N) is 1. The van der Waals surface area contributed by atoms with Gasteiger partial charge in [-0.25, -0.2) is 0 Å². The summed E-state index contributed by atoms with van der Waals surface area (Å²) in [5, 5.41) is 12.9. The third-order valence-electron chi connectivity index (χ3n) is 3.93. The van der Waals surface area contributed by atoms with Gasteiger partial charge in [0.15, 0.2) is 11.7 Å². The molecule has 0 aromatic heterocycles. The molecule has 0 fully saturated rings. The number of hydrazine groups is 1. The van der Waals surface area contributed by atoms with Gasteiger partial charge in [0.05, 0.1) is 9.40 Å². The molecular weight excluding hydrogens is 512 g/mol. The molecule has 0 radical (unpaired) electrons. The predicted molar refractivity (Wildman–Crippen MR) is 123 cm³/mol. The number of rotatable bonds is 6. The Morgan fingerprint density at radius 2 is 1.94 bits per heavy atom. The molecular formula is C19H18BrClN4O5S. The van der Waals surface area contributed by atoms with Crippen LogP contribution in [0, 0.1) is 10.1 Å². The molecule has 0 heterocycles. The van der Waals surface area contributed by atoms with E-state index in [1.165, 1.54) is 12.1 Å². The SMILES string of the molecule is CC(C)c1ccc(OCC(=O)NNC(=S)NC(=O)c2ccc(Cl)c([N+](=O)[O-])c2)c(Br)c1. The van der Waals surface area contributed by atoms with Crippen LogP contribution in [0.1, 0.15) is 35.7 Å². The van der Waals surface area contributed by atoms with Gasteiger partial charge in [-0.3, -0.25) is 35.9 Å². The lowest BCUT2D eigenvalue weighted by atomic mass is 10.0. The molecule has 9 nitrogen and oxygen atoms in total. The van der Waals surface area contributed by atoms with Gasteiger partial charge in [-0.15, -0.1) is 0 Å². The predicted octanol–water partition coefficient (Wildman–Crippen LogP) is 3.85. The van der Waals surface area contributed by atoms with Crippen molar-refractivity contribution in [2.75, 3.05) is 6.61 Å². The molecule has 0 spiro atoms. The summed E-state index contributed by atoms with van der Waals surface area (Å²) in [6.45, 7) is 3.83. The van der Waals surface area contributed by atoms with Crippen LogP contribution in [-0.4, -0.2) is 28.5 Å². The number of halogens is 2. The van der Waals surface area contributed by atoms with Gasteiger partial charge in [-0.1, -0.05) is 31.5 Å². The van der Waals surface area contributed by atoms with E-state index in [9.17, 15) is 19.7 Å². The second kappa shape index (κ2) is 11.0. The number of hydrogen-bond donors (Lipinski definition) is 3. The summed E-state index contributed by atoms with van der Waals surface area (Å²) in [4.78, 5) is 34.3. The summed E-state index contributed by atoms with van der Waals surface area (Å²) in [7, 11) is 0. The van der Waals surface area contributed by atoms with Gasteiger partial charge in [0, 0.05) is 11.6 Å². The third kappa shape index (κ3) is 7.16. The quantitative estimate of drug-likeness (QED) is 0.295. The van der Waals surface area contributed by atoms with Crippen molar-refractivity contribution in [2.24, 2.45) is 0 Å². The van der Waals surface area contributed by atoms with E-state index in [0.29, 0.717) is 11.7 Å². The van der Waals surface area contributed by atoms with Gasteiger partial charge in [0.1, 0.15) is 10.8 Å². The van der Waals surface area contributed by atoms with Crippen molar-refractivity contribution in [2.45, 2.75) is 19.8 Å². The van der Waals surface area contributed by atoms with Crippen LogP contribution in [0.5, 0.6) is 5.75 Å². The molecule has 2 rings (SSSR count). The molecule has 164 valence electrons. The lowest BCUT2D eigenvalue weighted by Crippen LogP contribution is -2.49. The van der Waals surface area contributed by atoms with Crippen LogP contribution in [-0.2, 0) is 4.79 Å².